The highest BCUT2D eigenvalue weighted by molar-refractivity contribution is 5.31. The molecule has 0 saturated carbocycles. The minimum Gasteiger partial charge on any atom is -0.494 e. The number of hydrogen-bond donors (Lipinski definition) is 1. The molecule has 1 aromatic heterocycles. The zero-order valence-corrected chi connectivity index (χ0v) is 11.7. The third kappa shape index (κ3) is 4.90. The predicted octanol–water partition coefficient (Wildman–Crippen LogP) is 2.65. The lowest BCUT2D eigenvalue weighted by atomic mass is 10.3. The van der Waals surface area contributed by atoms with Crippen molar-refractivity contribution >= 4 is 0 Å². The first-order valence-corrected chi connectivity index (χ1v) is 6.84. The van der Waals surface area contributed by atoms with Crippen LogP contribution in [0.2, 0.25) is 0 Å². The first-order valence-electron chi connectivity index (χ1n) is 6.84. The summed E-state index contributed by atoms with van der Waals surface area (Å²) in [5.74, 6) is 1.73. The van der Waals surface area contributed by atoms with Crippen LogP contribution in [0.1, 0.15) is 12.5 Å². The van der Waals surface area contributed by atoms with Gasteiger partial charge in [-0.05, 0) is 42.8 Å². The molecule has 4 nitrogen and oxygen atoms in total. The molecule has 0 amide bonds. The molecule has 2 rings (SSSR count). The lowest BCUT2D eigenvalue weighted by Gasteiger charge is -2.08. The Morgan fingerprint density at radius 3 is 2.45 bits per heavy atom. The van der Waals surface area contributed by atoms with Gasteiger partial charge in [0.15, 0.2) is 0 Å². The van der Waals surface area contributed by atoms with Crippen molar-refractivity contribution in [3.05, 3.63) is 54.4 Å². The maximum Gasteiger partial charge on any atom is 0.119 e. The zero-order chi connectivity index (χ0) is 14.0. The van der Waals surface area contributed by atoms with Crippen LogP contribution < -0.4 is 14.8 Å². The van der Waals surface area contributed by atoms with Crippen molar-refractivity contribution in [2.24, 2.45) is 0 Å². The van der Waals surface area contributed by atoms with Gasteiger partial charge in [0.2, 0.25) is 0 Å². The number of pyridine rings is 1. The zero-order valence-electron chi connectivity index (χ0n) is 11.7. The minimum absolute atomic E-state index is 0.633. The number of nitrogens with one attached hydrogen (secondary N) is 1. The molecule has 0 spiro atoms. The molecule has 1 heterocycles. The number of benzene rings is 1. The molecule has 1 aromatic carbocycles. The van der Waals surface area contributed by atoms with Gasteiger partial charge in [-0.15, -0.1) is 0 Å². The van der Waals surface area contributed by atoms with E-state index in [1.807, 2.05) is 49.5 Å². The van der Waals surface area contributed by atoms with Crippen LogP contribution in [0.5, 0.6) is 11.5 Å². The Morgan fingerprint density at radius 1 is 1.05 bits per heavy atom. The third-order valence-corrected chi connectivity index (χ3v) is 2.73. The van der Waals surface area contributed by atoms with Gasteiger partial charge in [0.1, 0.15) is 18.1 Å². The van der Waals surface area contributed by atoms with E-state index in [2.05, 4.69) is 10.3 Å². The molecule has 0 aliphatic rings. The van der Waals surface area contributed by atoms with Gasteiger partial charge < -0.3 is 14.8 Å². The monoisotopic (exact) mass is 272 g/mol. The van der Waals surface area contributed by atoms with E-state index in [0.29, 0.717) is 13.2 Å². The summed E-state index contributed by atoms with van der Waals surface area (Å²) in [4.78, 5) is 4.07. The molecule has 0 atom stereocenters. The Bertz CT molecular complexity index is 486. The van der Waals surface area contributed by atoms with Crippen LogP contribution >= 0.6 is 0 Å². The molecule has 4 heteroatoms. The smallest absolute Gasteiger partial charge is 0.119 e. The molecular weight excluding hydrogens is 252 g/mol. The lowest BCUT2D eigenvalue weighted by molar-refractivity contribution is 0.311. The largest absolute Gasteiger partial charge is 0.494 e. The van der Waals surface area contributed by atoms with E-state index in [4.69, 9.17) is 9.47 Å². The number of ether oxygens (including phenoxy) is 2. The SMILES string of the molecule is CCOc1ccc(OCCNCc2cccnc2)cc1. The molecule has 0 aliphatic carbocycles. The summed E-state index contributed by atoms with van der Waals surface area (Å²) in [6.07, 6.45) is 3.64. The Balaban J connectivity index is 1.63. The molecule has 0 bridgehead atoms. The fraction of sp³-hybridized carbons (Fsp3) is 0.312. The van der Waals surface area contributed by atoms with Gasteiger partial charge in [0.05, 0.1) is 6.61 Å². The van der Waals surface area contributed by atoms with Gasteiger partial charge in [-0.1, -0.05) is 6.07 Å². The number of aromatic nitrogens is 1. The molecule has 0 fully saturated rings. The standard InChI is InChI=1S/C16H20N2O2/c1-2-19-15-5-7-16(8-6-15)20-11-10-18-13-14-4-3-9-17-12-14/h3-9,12,18H,2,10-11,13H2,1H3. The molecule has 1 N–H and O–H groups in total. The van der Waals surface area contributed by atoms with Gasteiger partial charge in [0.25, 0.3) is 0 Å². The Hall–Kier alpha value is -2.07. The molecular formula is C16H20N2O2. The number of nitrogens with zero attached hydrogens (tertiary/aromatic N) is 1. The second-order valence-corrected chi connectivity index (χ2v) is 4.29. The molecule has 106 valence electrons. The van der Waals surface area contributed by atoms with E-state index in [9.17, 15) is 0 Å². The van der Waals surface area contributed by atoms with Crippen LogP contribution in [-0.4, -0.2) is 24.7 Å². The highest BCUT2D eigenvalue weighted by Gasteiger charge is 1.96. The molecule has 0 aliphatic heterocycles. The van der Waals surface area contributed by atoms with Crippen LogP contribution in [0, 0.1) is 0 Å². The molecule has 0 saturated heterocycles. The average Bonchev–Trinajstić information content (AvgIpc) is 2.50. The highest BCUT2D eigenvalue weighted by Crippen LogP contribution is 2.17. The lowest BCUT2D eigenvalue weighted by Crippen LogP contribution is -2.20. The first-order chi connectivity index (χ1) is 9.88. The maximum atomic E-state index is 5.64. The molecule has 0 radical (unpaired) electrons. The van der Waals surface area contributed by atoms with Gasteiger partial charge in [-0.2, -0.15) is 0 Å². The Kier molecular flexibility index (Phi) is 5.86. The number of hydrogen-bond acceptors (Lipinski definition) is 4. The Morgan fingerprint density at radius 2 is 1.80 bits per heavy atom. The summed E-state index contributed by atoms with van der Waals surface area (Å²) in [6, 6.07) is 11.7. The van der Waals surface area contributed by atoms with E-state index in [-0.39, 0.29) is 0 Å². The highest BCUT2D eigenvalue weighted by atomic mass is 16.5. The summed E-state index contributed by atoms with van der Waals surface area (Å²) in [6.45, 7) is 4.88. The van der Waals surface area contributed by atoms with Gasteiger partial charge in [-0.25, -0.2) is 0 Å². The van der Waals surface area contributed by atoms with E-state index < -0.39 is 0 Å². The van der Waals surface area contributed by atoms with Crippen LogP contribution in [0.15, 0.2) is 48.8 Å². The molecule has 20 heavy (non-hydrogen) atoms. The van der Waals surface area contributed by atoms with Crippen molar-refractivity contribution in [3.8, 4) is 11.5 Å². The third-order valence-electron chi connectivity index (χ3n) is 2.73. The van der Waals surface area contributed by atoms with Gasteiger partial charge in [-0.3, -0.25) is 4.98 Å². The van der Waals surface area contributed by atoms with Crippen LogP contribution in [0.25, 0.3) is 0 Å². The van der Waals surface area contributed by atoms with Crippen molar-refractivity contribution in [3.63, 3.8) is 0 Å². The summed E-state index contributed by atoms with van der Waals surface area (Å²) >= 11 is 0. The van der Waals surface area contributed by atoms with Crippen molar-refractivity contribution in [2.75, 3.05) is 19.8 Å². The quantitative estimate of drug-likeness (QED) is 0.750. The summed E-state index contributed by atoms with van der Waals surface area (Å²) in [7, 11) is 0. The maximum absolute atomic E-state index is 5.64. The van der Waals surface area contributed by atoms with Crippen molar-refractivity contribution in [1.82, 2.24) is 10.3 Å². The average molecular weight is 272 g/mol. The van der Waals surface area contributed by atoms with Crippen LogP contribution in [0.4, 0.5) is 0 Å². The topological polar surface area (TPSA) is 43.4 Å². The van der Waals surface area contributed by atoms with E-state index in [1.54, 1.807) is 6.20 Å². The first kappa shape index (κ1) is 14.3. The van der Waals surface area contributed by atoms with Crippen molar-refractivity contribution < 1.29 is 9.47 Å². The fourth-order valence-corrected chi connectivity index (χ4v) is 1.78. The summed E-state index contributed by atoms with van der Waals surface area (Å²) in [5.41, 5.74) is 1.17. The van der Waals surface area contributed by atoms with E-state index in [0.717, 1.165) is 24.6 Å². The van der Waals surface area contributed by atoms with E-state index >= 15 is 0 Å². The minimum atomic E-state index is 0.633. The van der Waals surface area contributed by atoms with Gasteiger partial charge in [0, 0.05) is 25.5 Å². The van der Waals surface area contributed by atoms with Crippen molar-refractivity contribution in [1.29, 1.82) is 0 Å². The fourth-order valence-electron chi connectivity index (χ4n) is 1.78. The molecule has 0 unspecified atom stereocenters. The second-order valence-electron chi connectivity index (χ2n) is 4.29. The van der Waals surface area contributed by atoms with Crippen LogP contribution in [-0.2, 0) is 6.54 Å². The predicted molar refractivity (Wildman–Crippen MR) is 79.0 cm³/mol. The van der Waals surface area contributed by atoms with E-state index in [1.165, 1.54) is 5.56 Å². The Labute approximate surface area is 119 Å². The van der Waals surface area contributed by atoms with Gasteiger partial charge >= 0.3 is 0 Å². The van der Waals surface area contributed by atoms with Crippen LogP contribution in [0.3, 0.4) is 0 Å². The van der Waals surface area contributed by atoms with Crippen molar-refractivity contribution in [2.45, 2.75) is 13.5 Å². The number of rotatable bonds is 8. The summed E-state index contributed by atoms with van der Waals surface area (Å²) < 4.78 is 11.0. The summed E-state index contributed by atoms with van der Waals surface area (Å²) in [5, 5.41) is 3.31. The molecule has 2 aromatic rings. The second kappa shape index (κ2) is 8.17. The normalized spacial score (nSPS) is 10.2.